The molecule has 4 nitrogen and oxygen atoms in total. The molecule has 0 N–H and O–H groups in total. The Morgan fingerprint density at radius 1 is 0.714 bits per heavy atom. The highest BCUT2D eigenvalue weighted by molar-refractivity contribution is 6.11. The van der Waals surface area contributed by atoms with Gasteiger partial charge < -0.3 is 14.3 Å². The molecule has 0 aliphatic rings. The maximum absolute atomic E-state index is 12.5. The number of esters is 1. The van der Waals surface area contributed by atoms with Crippen molar-refractivity contribution < 1.29 is 19.1 Å². The van der Waals surface area contributed by atoms with Crippen molar-refractivity contribution in [2.24, 2.45) is 0 Å². The van der Waals surface area contributed by atoms with Crippen LogP contribution in [0.25, 0.3) is 21.5 Å². The van der Waals surface area contributed by atoms with Gasteiger partial charge in [0.25, 0.3) is 0 Å². The molecule has 0 atom stereocenters. The van der Waals surface area contributed by atoms with Crippen molar-refractivity contribution in [3.63, 3.8) is 0 Å². The molecule has 0 aromatic heterocycles. The number of Topliss-reactive ketones (excluding diaryl/α,β-unsaturated/α-hetero) is 1. The Bertz CT molecular complexity index is 933. The van der Waals surface area contributed by atoms with Crippen LogP contribution in [0.4, 0.5) is 0 Å². The molecule has 28 heavy (non-hydrogen) atoms. The van der Waals surface area contributed by atoms with E-state index >= 15 is 0 Å². The Kier molecular flexibility index (Phi) is 6.64. The van der Waals surface area contributed by atoms with E-state index in [-0.39, 0.29) is 11.8 Å². The number of hydrogen-bond donors (Lipinski definition) is 0. The molecule has 3 aromatic rings. The first-order valence-electron chi connectivity index (χ1n) is 9.79. The fourth-order valence-corrected chi connectivity index (χ4v) is 3.54. The fraction of sp³-hybridized carbons (Fsp3) is 0.333. The molecule has 0 saturated carbocycles. The standard InChI is InChI=1S/C24H26O4/c1-17(25)11-5-3-4-6-16-22(26)28-24-20-14-9-7-12-18(20)23(27-2)19-13-8-10-15-21(19)24/h7-10,12-15H,3-6,11,16H2,1-2H3. The van der Waals surface area contributed by atoms with Crippen molar-refractivity contribution in [1.82, 2.24) is 0 Å². The molecule has 4 heteroatoms. The summed E-state index contributed by atoms with van der Waals surface area (Å²) in [6.07, 6.45) is 4.53. The van der Waals surface area contributed by atoms with E-state index in [9.17, 15) is 9.59 Å². The van der Waals surface area contributed by atoms with Crippen LogP contribution in [0.3, 0.4) is 0 Å². The quantitative estimate of drug-likeness (QED) is 0.203. The Morgan fingerprint density at radius 3 is 1.64 bits per heavy atom. The molecule has 0 aliphatic carbocycles. The number of ether oxygens (including phenoxy) is 2. The first kappa shape index (κ1) is 19.9. The van der Waals surface area contributed by atoms with Crippen molar-refractivity contribution in [2.45, 2.75) is 45.4 Å². The topological polar surface area (TPSA) is 52.6 Å². The molecular weight excluding hydrogens is 352 g/mol. The lowest BCUT2D eigenvalue weighted by molar-refractivity contribution is -0.134. The van der Waals surface area contributed by atoms with Gasteiger partial charge >= 0.3 is 5.97 Å². The van der Waals surface area contributed by atoms with Gasteiger partial charge in [-0.3, -0.25) is 4.79 Å². The second-order valence-corrected chi connectivity index (χ2v) is 7.04. The number of benzene rings is 3. The molecule has 0 heterocycles. The monoisotopic (exact) mass is 378 g/mol. The van der Waals surface area contributed by atoms with E-state index in [2.05, 4.69) is 0 Å². The number of carbonyl (C=O) groups is 2. The average Bonchev–Trinajstić information content (AvgIpc) is 2.70. The Morgan fingerprint density at radius 2 is 1.18 bits per heavy atom. The number of rotatable bonds is 9. The molecule has 0 saturated heterocycles. The number of carbonyl (C=O) groups excluding carboxylic acids is 2. The molecule has 146 valence electrons. The Balaban J connectivity index is 1.78. The summed E-state index contributed by atoms with van der Waals surface area (Å²) in [5.74, 6) is 1.37. The fourth-order valence-electron chi connectivity index (χ4n) is 3.54. The molecule has 0 bridgehead atoms. The van der Waals surface area contributed by atoms with Crippen LogP contribution in [0.15, 0.2) is 48.5 Å². The highest BCUT2D eigenvalue weighted by Crippen LogP contribution is 2.42. The smallest absolute Gasteiger partial charge is 0.311 e. The zero-order valence-corrected chi connectivity index (χ0v) is 16.5. The van der Waals surface area contributed by atoms with Crippen LogP contribution < -0.4 is 9.47 Å². The summed E-state index contributed by atoms with van der Waals surface area (Å²) in [6, 6.07) is 15.6. The number of fused-ring (bicyclic) bond motifs is 2. The van der Waals surface area contributed by atoms with E-state index in [0.717, 1.165) is 53.0 Å². The summed E-state index contributed by atoms with van der Waals surface area (Å²) in [4.78, 5) is 23.5. The maximum Gasteiger partial charge on any atom is 0.311 e. The van der Waals surface area contributed by atoms with Crippen LogP contribution in [0, 0.1) is 0 Å². The van der Waals surface area contributed by atoms with Crippen molar-refractivity contribution in [3.05, 3.63) is 48.5 Å². The summed E-state index contributed by atoms with van der Waals surface area (Å²) < 4.78 is 11.5. The highest BCUT2D eigenvalue weighted by atomic mass is 16.5. The van der Waals surface area contributed by atoms with Crippen LogP contribution in [-0.2, 0) is 9.59 Å². The zero-order chi connectivity index (χ0) is 19.9. The Labute approximate surface area is 165 Å². The van der Waals surface area contributed by atoms with Gasteiger partial charge in [-0.25, -0.2) is 0 Å². The van der Waals surface area contributed by atoms with E-state index in [1.807, 2.05) is 48.5 Å². The van der Waals surface area contributed by atoms with Gasteiger partial charge in [-0.15, -0.1) is 0 Å². The maximum atomic E-state index is 12.5. The molecule has 3 rings (SSSR count). The van der Waals surface area contributed by atoms with Crippen LogP contribution >= 0.6 is 0 Å². The van der Waals surface area contributed by atoms with E-state index in [4.69, 9.17) is 9.47 Å². The van der Waals surface area contributed by atoms with E-state index < -0.39 is 0 Å². The summed E-state index contributed by atoms with van der Waals surface area (Å²) in [7, 11) is 1.66. The van der Waals surface area contributed by atoms with E-state index in [1.54, 1.807) is 14.0 Å². The van der Waals surface area contributed by atoms with Crippen molar-refractivity contribution >= 4 is 33.3 Å². The minimum absolute atomic E-state index is 0.220. The summed E-state index contributed by atoms with van der Waals surface area (Å²) in [6.45, 7) is 1.61. The van der Waals surface area contributed by atoms with Gasteiger partial charge in [0.2, 0.25) is 0 Å². The van der Waals surface area contributed by atoms with E-state index in [1.165, 1.54) is 0 Å². The predicted octanol–water partition coefficient (Wildman–Crippen LogP) is 5.84. The second-order valence-electron chi connectivity index (χ2n) is 7.04. The van der Waals surface area contributed by atoms with Gasteiger partial charge in [0, 0.05) is 34.4 Å². The normalized spacial score (nSPS) is 10.9. The SMILES string of the molecule is COc1c2ccccc2c(OC(=O)CCCCCCC(C)=O)c2ccccc12. The van der Waals surface area contributed by atoms with Gasteiger partial charge in [-0.05, 0) is 19.8 Å². The molecule has 0 amide bonds. The van der Waals surface area contributed by atoms with Crippen molar-refractivity contribution in [2.75, 3.05) is 7.11 Å². The number of methoxy groups -OCH3 is 1. The van der Waals surface area contributed by atoms with Crippen LogP contribution in [0.1, 0.15) is 45.4 Å². The van der Waals surface area contributed by atoms with Crippen LogP contribution in [0.5, 0.6) is 11.5 Å². The van der Waals surface area contributed by atoms with Gasteiger partial charge in [0.1, 0.15) is 17.3 Å². The largest absolute Gasteiger partial charge is 0.495 e. The van der Waals surface area contributed by atoms with Crippen molar-refractivity contribution in [1.29, 1.82) is 0 Å². The number of ketones is 1. The van der Waals surface area contributed by atoms with Gasteiger partial charge in [-0.1, -0.05) is 61.4 Å². The minimum atomic E-state index is -0.230. The van der Waals surface area contributed by atoms with Crippen LogP contribution in [-0.4, -0.2) is 18.9 Å². The summed E-state index contributed by atoms with van der Waals surface area (Å²) >= 11 is 0. The third-order valence-electron chi connectivity index (χ3n) is 4.91. The molecular formula is C24H26O4. The van der Waals surface area contributed by atoms with E-state index in [0.29, 0.717) is 18.6 Å². The predicted molar refractivity (Wildman–Crippen MR) is 112 cm³/mol. The summed E-state index contributed by atoms with van der Waals surface area (Å²) in [5, 5.41) is 3.59. The zero-order valence-electron chi connectivity index (χ0n) is 16.5. The third kappa shape index (κ3) is 4.50. The van der Waals surface area contributed by atoms with Crippen LogP contribution in [0.2, 0.25) is 0 Å². The Hall–Kier alpha value is -2.88. The van der Waals surface area contributed by atoms with Crippen molar-refractivity contribution in [3.8, 4) is 11.5 Å². The first-order chi connectivity index (χ1) is 13.6. The first-order valence-corrected chi connectivity index (χ1v) is 9.79. The lowest BCUT2D eigenvalue weighted by atomic mass is 10.0. The molecule has 0 unspecified atom stereocenters. The molecule has 0 radical (unpaired) electrons. The number of hydrogen-bond acceptors (Lipinski definition) is 4. The lowest BCUT2D eigenvalue weighted by Crippen LogP contribution is -2.08. The molecule has 0 aliphatic heterocycles. The third-order valence-corrected chi connectivity index (χ3v) is 4.91. The molecule has 3 aromatic carbocycles. The highest BCUT2D eigenvalue weighted by Gasteiger charge is 2.17. The minimum Gasteiger partial charge on any atom is -0.495 e. The summed E-state index contributed by atoms with van der Waals surface area (Å²) in [5.41, 5.74) is 0. The van der Waals surface area contributed by atoms with Gasteiger partial charge in [0.05, 0.1) is 7.11 Å². The number of unbranched alkanes of at least 4 members (excludes halogenated alkanes) is 3. The van der Waals surface area contributed by atoms with Gasteiger partial charge in [-0.2, -0.15) is 0 Å². The molecule has 0 fully saturated rings. The van der Waals surface area contributed by atoms with Gasteiger partial charge in [0.15, 0.2) is 0 Å². The molecule has 0 spiro atoms. The second kappa shape index (κ2) is 9.36. The lowest BCUT2D eigenvalue weighted by Gasteiger charge is -2.15. The average molecular weight is 378 g/mol.